The van der Waals surface area contributed by atoms with Gasteiger partial charge in [0.15, 0.2) is 5.82 Å². The molecule has 3 atom stereocenters. The zero-order valence-electron chi connectivity index (χ0n) is 27.7. The third kappa shape index (κ3) is 4.74. The van der Waals surface area contributed by atoms with E-state index in [1.807, 2.05) is 24.3 Å². The second-order valence-electron chi connectivity index (χ2n) is 13.6. The van der Waals surface area contributed by atoms with Crippen LogP contribution in [0.2, 0.25) is 0 Å². The Morgan fingerprint density at radius 2 is 1.34 bits per heavy atom. The Morgan fingerprint density at radius 1 is 0.580 bits per heavy atom. The van der Waals surface area contributed by atoms with E-state index >= 15 is 0 Å². The summed E-state index contributed by atoms with van der Waals surface area (Å²) in [7, 11) is 0. The van der Waals surface area contributed by atoms with Crippen LogP contribution in [-0.4, -0.2) is 26.6 Å². The monoisotopic (exact) mass is 644 g/mol. The first-order valence-corrected chi connectivity index (χ1v) is 17.8. The maximum atomic E-state index is 5.25. The highest BCUT2D eigenvalue weighted by Crippen LogP contribution is 2.49. The van der Waals surface area contributed by atoms with E-state index in [1.54, 1.807) is 0 Å². The molecule has 2 aromatic heterocycles. The fraction of sp³-hybridized carbons (Fsp3) is 0.130. The van der Waals surface area contributed by atoms with Crippen LogP contribution in [0.15, 0.2) is 164 Å². The summed E-state index contributed by atoms with van der Waals surface area (Å²) in [6, 6.07) is 46.5. The molecule has 3 unspecified atom stereocenters. The molecule has 0 N–H and O–H groups in total. The Hall–Kier alpha value is -6.00. The molecule has 4 heteroatoms. The van der Waals surface area contributed by atoms with Crippen LogP contribution in [0.5, 0.6) is 0 Å². The first kappa shape index (κ1) is 29.0. The minimum absolute atomic E-state index is 0.410. The van der Waals surface area contributed by atoms with Crippen LogP contribution in [-0.2, 0) is 0 Å². The predicted molar refractivity (Wildman–Crippen MR) is 207 cm³/mol. The summed E-state index contributed by atoms with van der Waals surface area (Å²) < 4.78 is 2.33. The molecule has 5 aromatic carbocycles. The van der Waals surface area contributed by atoms with Gasteiger partial charge in [-0.25, -0.2) is 9.97 Å². The Labute approximate surface area is 292 Å². The maximum Gasteiger partial charge on any atom is 0.162 e. The summed E-state index contributed by atoms with van der Waals surface area (Å²) in [5, 5.41) is 2.43. The molecule has 0 fully saturated rings. The molecule has 0 radical (unpaired) electrons. The highest BCUT2D eigenvalue weighted by Gasteiger charge is 2.40. The molecule has 0 amide bonds. The summed E-state index contributed by atoms with van der Waals surface area (Å²) in [6.07, 6.45) is 17.3. The number of benzene rings is 5. The molecule has 0 bridgehead atoms. The van der Waals surface area contributed by atoms with Gasteiger partial charge in [-0.15, -0.1) is 0 Å². The molecule has 50 heavy (non-hydrogen) atoms. The van der Waals surface area contributed by atoms with Crippen molar-refractivity contribution in [3.05, 3.63) is 169 Å². The lowest BCUT2D eigenvalue weighted by molar-refractivity contribution is 0.500. The van der Waals surface area contributed by atoms with Gasteiger partial charge < -0.3 is 4.90 Å². The first-order chi connectivity index (χ1) is 24.8. The smallest absolute Gasteiger partial charge is 0.162 e. The molecular weight excluding hydrogens is 609 g/mol. The van der Waals surface area contributed by atoms with Gasteiger partial charge in [-0.05, 0) is 60.2 Å². The summed E-state index contributed by atoms with van der Waals surface area (Å²) >= 11 is 0. The summed E-state index contributed by atoms with van der Waals surface area (Å²) in [6.45, 7) is 0. The van der Waals surface area contributed by atoms with E-state index in [-0.39, 0.29) is 0 Å². The lowest BCUT2D eigenvalue weighted by atomic mass is 9.86. The van der Waals surface area contributed by atoms with Gasteiger partial charge in [-0.1, -0.05) is 134 Å². The molecular formula is C46H36N4. The number of aromatic nitrogens is 3. The highest BCUT2D eigenvalue weighted by molar-refractivity contribution is 6.10. The quantitative estimate of drug-likeness (QED) is 0.175. The summed E-state index contributed by atoms with van der Waals surface area (Å²) in [5.41, 5.74) is 10.5. The Kier molecular flexibility index (Phi) is 6.87. The lowest BCUT2D eigenvalue weighted by Gasteiger charge is -2.37. The third-order valence-corrected chi connectivity index (χ3v) is 10.8. The highest BCUT2D eigenvalue weighted by atomic mass is 15.2. The van der Waals surface area contributed by atoms with Crippen LogP contribution < -0.4 is 4.90 Å². The van der Waals surface area contributed by atoms with Crippen molar-refractivity contribution >= 4 is 27.5 Å². The topological polar surface area (TPSA) is 34.0 Å². The standard InChI is InChI=1S/C46H36N4/c1-4-14-31(15-5-1)40-30-45(48-46(47-40)32-16-6-2-7-17-32)50-42-23-13-10-20-36(42)38-26-24-34(29-44(38)50)33-25-27-43-39(28-33)37-21-11-12-22-41(37)49(43)35-18-8-3-9-19-35/h1-11,13-18,20-21,23-30,35,37,41H,12,19,22H2. The Morgan fingerprint density at radius 3 is 2.18 bits per heavy atom. The summed E-state index contributed by atoms with van der Waals surface area (Å²) in [4.78, 5) is 13.0. The molecule has 240 valence electrons. The summed E-state index contributed by atoms with van der Waals surface area (Å²) in [5.74, 6) is 1.99. The van der Waals surface area contributed by atoms with Crippen molar-refractivity contribution in [1.82, 2.24) is 14.5 Å². The molecule has 7 aromatic rings. The van der Waals surface area contributed by atoms with E-state index in [0.717, 1.165) is 46.5 Å². The molecule has 10 rings (SSSR count). The Bertz CT molecular complexity index is 2430. The van der Waals surface area contributed by atoms with Gasteiger partial charge in [-0.2, -0.15) is 0 Å². The number of hydrogen-bond acceptors (Lipinski definition) is 3. The number of allylic oxidation sites excluding steroid dienone is 3. The molecule has 2 aliphatic carbocycles. The van der Waals surface area contributed by atoms with Crippen molar-refractivity contribution in [2.45, 2.75) is 37.3 Å². The average molecular weight is 645 g/mol. The van der Waals surface area contributed by atoms with Gasteiger partial charge in [0.05, 0.1) is 22.8 Å². The second kappa shape index (κ2) is 11.9. The van der Waals surface area contributed by atoms with E-state index in [9.17, 15) is 0 Å². The van der Waals surface area contributed by atoms with Crippen LogP contribution in [0.4, 0.5) is 5.69 Å². The molecule has 1 aliphatic heterocycles. The second-order valence-corrected chi connectivity index (χ2v) is 13.6. The van der Waals surface area contributed by atoms with Crippen molar-refractivity contribution in [2.75, 3.05) is 4.90 Å². The Balaban J connectivity index is 1.15. The van der Waals surface area contributed by atoms with Gasteiger partial charge >= 0.3 is 0 Å². The van der Waals surface area contributed by atoms with Crippen LogP contribution in [0, 0.1) is 0 Å². The zero-order valence-corrected chi connectivity index (χ0v) is 27.7. The number of para-hydroxylation sites is 1. The van der Waals surface area contributed by atoms with Crippen LogP contribution in [0.3, 0.4) is 0 Å². The minimum Gasteiger partial charge on any atom is -0.361 e. The van der Waals surface area contributed by atoms with Gasteiger partial charge in [0.2, 0.25) is 0 Å². The zero-order chi connectivity index (χ0) is 33.0. The molecule has 0 saturated carbocycles. The number of hydrogen-bond donors (Lipinski definition) is 0. The lowest BCUT2D eigenvalue weighted by Crippen LogP contribution is -2.42. The molecule has 3 aliphatic rings. The maximum absolute atomic E-state index is 5.25. The van der Waals surface area contributed by atoms with Crippen molar-refractivity contribution in [1.29, 1.82) is 0 Å². The normalized spacial score (nSPS) is 19.3. The fourth-order valence-corrected chi connectivity index (χ4v) is 8.47. The van der Waals surface area contributed by atoms with Crippen LogP contribution >= 0.6 is 0 Å². The molecule has 3 heterocycles. The number of fused-ring (bicyclic) bond motifs is 6. The van der Waals surface area contributed by atoms with Crippen LogP contribution in [0.1, 0.15) is 30.7 Å². The van der Waals surface area contributed by atoms with Gasteiger partial charge in [0.25, 0.3) is 0 Å². The minimum atomic E-state index is 0.410. The number of anilines is 1. The largest absolute Gasteiger partial charge is 0.361 e. The molecule has 0 saturated heterocycles. The van der Waals surface area contributed by atoms with Gasteiger partial charge in [-0.3, -0.25) is 4.57 Å². The average Bonchev–Trinajstić information content (AvgIpc) is 3.71. The van der Waals surface area contributed by atoms with Gasteiger partial charge in [0, 0.05) is 45.6 Å². The van der Waals surface area contributed by atoms with Gasteiger partial charge in [0.1, 0.15) is 5.82 Å². The van der Waals surface area contributed by atoms with E-state index in [1.165, 1.54) is 39.6 Å². The first-order valence-electron chi connectivity index (χ1n) is 17.8. The number of rotatable bonds is 5. The van der Waals surface area contributed by atoms with E-state index in [0.29, 0.717) is 23.8 Å². The van der Waals surface area contributed by atoms with Crippen LogP contribution in [0.25, 0.3) is 61.4 Å². The fourth-order valence-electron chi connectivity index (χ4n) is 8.47. The number of nitrogens with zero attached hydrogens (tertiary/aromatic N) is 4. The van der Waals surface area contributed by atoms with E-state index in [2.05, 4.69) is 149 Å². The van der Waals surface area contributed by atoms with Crippen molar-refractivity contribution < 1.29 is 0 Å². The molecule has 0 spiro atoms. The van der Waals surface area contributed by atoms with Crippen molar-refractivity contribution in [2.24, 2.45) is 0 Å². The van der Waals surface area contributed by atoms with Crippen molar-refractivity contribution in [3.8, 4) is 39.6 Å². The van der Waals surface area contributed by atoms with E-state index in [4.69, 9.17) is 9.97 Å². The molecule has 4 nitrogen and oxygen atoms in total. The SMILES string of the molecule is C1=CCC(N2c3ccc(-c4ccc5c6ccccc6n(-c6cc(-c7ccccc7)nc(-c7ccccc7)n6)c5c4)cc3C3C=CCCC32)C=C1. The van der Waals surface area contributed by atoms with Crippen molar-refractivity contribution in [3.63, 3.8) is 0 Å². The van der Waals surface area contributed by atoms with E-state index < -0.39 is 0 Å². The predicted octanol–water partition coefficient (Wildman–Crippen LogP) is 11.1. The third-order valence-electron chi connectivity index (χ3n) is 10.8.